The van der Waals surface area contributed by atoms with Crippen molar-refractivity contribution in [1.29, 1.82) is 0 Å². The second-order valence-electron chi connectivity index (χ2n) is 5.37. The molecule has 0 radical (unpaired) electrons. The number of rotatable bonds is 5. The molecular formula is C19H17ClN4O. The van der Waals surface area contributed by atoms with E-state index in [1.807, 2.05) is 54.1 Å². The van der Waals surface area contributed by atoms with Crippen LogP contribution in [0.5, 0.6) is 0 Å². The fraction of sp³-hybridized carbons (Fsp3) is 0.105. The lowest BCUT2D eigenvalue weighted by molar-refractivity contribution is -0.111. The van der Waals surface area contributed by atoms with Crippen LogP contribution < -0.4 is 5.32 Å². The molecule has 3 aromatic rings. The molecule has 0 aliphatic rings. The number of hydrogen-bond donors (Lipinski definition) is 1. The van der Waals surface area contributed by atoms with Crippen molar-refractivity contribution in [1.82, 2.24) is 14.8 Å². The van der Waals surface area contributed by atoms with Gasteiger partial charge in [-0.1, -0.05) is 36.4 Å². The molecule has 0 aliphatic heterocycles. The van der Waals surface area contributed by atoms with Gasteiger partial charge in [-0.15, -0.1) is 0 Å². The number of carbonyl (C=O) groups excluding carboxylic acids is 1. The van der Waals surface area contributed by atoms with Crippen LogP contribution in [-0.4, -0.2) is 20.7 Å². The van der Waals surface area contributed by atoms with Gasteiger partial charge in [0.15, 0.2) is 5.65 Å². The van der Waals surface area contributed by atoms with E-state index in [2.05, 4.69) is 22.0 Å². The Labute approximate surface area is 150 Å². The van der Waals surface area contributed by atoms with Crippen LogP contribution in [0.3, 0.4) is 0 Å². The van der Waals surface area contributed by atoms with Crippen molar-refractivity contribution in [3.05, 3.63) is 65.5 Å². The van der Waals surface area contributed by atoms with Gasteiger partial charge in [0.05, 0.1) is 17.6 Å². The van der Waals surface area contributed by atoms with Crippen LogP contribution in [0, 0.1) is 0 Å². The van der Waals surface area contributed by atoms with Crippen LogP contribution in [0.25, 0.3) is 23.2 Å². The number of hydrogen-bond acceptors (Lipinski definition) is 3. The number of nitrogens with zero attached hydrogens (tertiary/aromatic N) is 3. The summed E-state index contributed by atoms with van der Waals surface area (Å²) in [5.41, 5.74) is 3.19. The summed E-state index contributed by atoms with van der Waals surface area (Å²) in [6.45, 7) is 6.17. The zero-order valence-corrected chi connectivity index (χ0v) is 14.5. The van der Waals surface area contributed by atoms with Crippen LogP contribution in [-0.2, 0) is 11.3 Å². The highest BCUT2D eigenvalue weighted by atomic mass is 35.5. The lowest BCUT2D eigenvalue weighted by Crippen LogP contribution is -2.07. The Kier molecular flexibility index (Phi) is 4.95. The van der Waals surface area contributed by atoms with Gasteiger partial charge in [0, 0.05) is 17.0 Å². The van der Waals surface area contributed by atoms with Gasteiger partial charge in [0.25, 0.3) is 0 Å². The molecule has 0 fully saturated rings. The highest BCUT2D eigenvalue weighted by Gasteiger charge is 2.10. The Morgan fingerprint density at radius 3 is 2.76 bits per heavy atom. The van der Waals surface area contributed by atoms with Gasteiger partial charge in [-0.2, -0.15) is 5.10 Å². The molecule has 2 aromatic heterocycles. The van der Waals surface area contributed by atoms with E-state index >= 15 is 0 Å². The number of benzene rings is 1. The van der Waals surface area contributed by atoms with Gasteiger partial charge in [-0.05, 0) is 42.8 Å². The number of aryl methyl sites for hydroxylation is 1. The fourth-order valence-corrected chi connectivity index (χ4v) is 2.56. The number of fused-ring (bicyclic) bond motifs is 1. The number of aromatic nitrogens is 3. The van der Waals surface area contributed by atoms with E-state index in [-0.39, 0.29) is 5.91 Å². The topological polar surface area (TPSA) is 59.8 Å². The molecule has 1 N–H and O–H groups in total. The number of halogens is 1. The van der Waals surface area contributed by atoms with Crippen LogP contribution in [0.1, 0.15) is 18.2 Å². The molecule has 6 heteroatoms. The average molecular weight is 353 g/mol. The third-order valence-electron chi connectivity index (χ3n) is 3.67. The molecule has 1 aromatic carbocycles. The van der Waals surface area contributed by atoms with E-state index in [0.29, 0.717) is 17.3 Å². The summed E-state index contributed by atoms with van der Waals surface area (Å²) in [6, 6.07) is 9.42. The molecule has 25 heavy (non-hydrogen) atoms. The summed E-state index contributed by atoms with van der Waals surface area (Å²) in [5.74, 6) is -0.276. The van der Waals surface area contributed by atoms with Crippen molar-refractivity contribution in [2.75, 3.05) is 5.32 Å². The number of pyridine rings is 1. The average Bonchev–Trinajstić information content (AvgIpc) is 2.98. The van der Waals surface area contributed by atoms with Crippen molar-refractivity contribution >= 4 is 46.4 Å². The maximum atomic E-state index is 11.5. The maximum Gasteiger partial charge on any atom is 0.247 e. The molecule has 5 nitrogen and oxygen atoms in total. The van der Waals surface area contributed by atoms with Gasteiger partial charge < -0.3 is 5.32 Å². The van der Waals surface area contributed by atoms with E-state index in [0.717, 1.165) is 22.3 Å². The molecule has 1 amide bonds. The second kappa shape index (κ2) is 7.32. The predicted octanol–water partition coefficient (Wildman–Crippen LogP) is 4.40. The Hall–Kier alpha value is -2.92. The summed E-state index contributed by atoms with van der Waals surface area (Å²) < 4.78 is 1.83. The van der Waals surface area contributed by atoms with E-state index in [9.17, 15) is 4.79 Å². The summed E-state index contributed by atoms with van der Waals surface area (Å²) in [7, 11) is 0. The van der Waals surface area contributed by atoms with E-state index < -0.39 is 0 Å². The van der Waals surface area contributed by atoms with E-state index in [1.165, 1.54) is 6.08 Å². The van der Waals surface area contributed by atoms with Gasteiger partial charge in [-0.3, -0.25) is 4.79 Å². The van der Waals surface area contributed by atoms with Crippen LogP contribution in [0.15, 0.2) is 49.2 Å². The Balaban J connectivity index is 2.00. The normalized spacial score (nSPS) is 11.1. The first-order valence-corrected chi connectivity index (χ1v) is 8.22. The summed E-state index contributed by atoms with van der Waals surface area (Å²) in [6.07, 6.45) is 6.73. The highest BCUT2D eigenvalue weighted by Crippen LogP contribution is 2.23. The quantitative estimate of drug-likeness (QED) is 0.692. The molecule has 0 saturated carbocycles. The standard InChI is InChI=1S/C19H17ClN4O/c1-3-18(25)22-15-11-16-17(23-24(4-2)19(16)21-12-15)10-7-13-5-8-14(20)9-6-13/h3,5-12H,1,4H2,2H3,(H,22,25)/b10-7+. The summed E-state index contributed by atoms with van der Waals surface area (Å²) in [4.78, 5) is 15.9. The van der Waals surface area contributed by atoms with Crippen molar-refractivity contribution in [2.24, 2.45) is 0 Å². The maximum absolute atomic E-state index is 11.5. The van der Waals surface area contributed by atoms with Crippen LogP contribution in [0.2, 0.25) is 5.02 Å². The van der Waals surface area contributed by atoms with Crippen molar-refractivity contribution in [3.8, 4) is 0 Å². The van der Waals surface area contributed by atoms with Gasteiger partial charge in [0.1, 0.15) is 0 Å². The third kappa shape index (κ3) is 3.78. The SMILES string of the molecule is C=CC(=O)Nc1cnc2c(c1)c(/C=C/c1ccc(Cl)cc1)nn2CC. The lowest BCUT2D eigenvalue weighted by Gasteiger charge is -2.02. The first-order chi connectivity index (χ1) is 12.1. The number of amides is 1. The number of carbonyl (C=O) groups is 1. The fourth-order valence-electron chi connectivity index (χ4n) is 2.44. The molecule has 0 saturated heterocycles. The first kappa shape index (κ1) is 16.9. The van der Waals surface area contributed by atoms with Crippen molar-refractivity contribution in [2.45, 2.75) is 13.5 Å². The molecule has 2 heterocycles. The van der Waals surface area contributed by atoms with Crippen LogP contribution >= 0.6 is 11.6 Å². The number of nitrogens with one attached hydrogen (secondary N) is 1. The minimum atomic E-state index is -0.276. The minimum absolute atomic E-state index is 0.276. The Morgan fingerprint density at radius 2 is 2.08 bits per heavy atom. The molecule has 0 bridgehead atoms. The van der Waals surface area contributed by atoms with E-state index in [4.69, 9.17) is 11.6 Å². The van der Waals surface area contributed by atoms with E-state index in [1.54, 1.807) is 6.20 Å². The Bertz CT molecular complexity index is 957. The number of anilines is 1. The van der Waals surface area contributed by atoms with Crippen molar-refractivity contribution in [3.63, 3.8) is 0 Å². The zero-order chi connectivity index (χ0) is 17.8. The molecule has 3 rings (SSSR count). The summed E-state index contributed by atoms with van der Waals surface area (Å²) in [5, 5.41) is 8.88. The summed E-state index contributed by atoms with van der Waals surface area (Å²) >= 11 is 5.91. The second-order valence-corrected chi connectivity index (χ2v) is 5.81. The lowest BCUT2D eigenvalue weighted by atomic mass is 10.1. The van der Waals surface area contributed by atoms with Crippen molar-refractivity contribution < 1.29 is 4.79 Å². The largest absolute Gasteiger partial charge is 0.321 e. The predicted molar refractivity (Wildman–Crippen MR) is 102 cm³/mol. The third-order valence-corrected chi connectivity index (χ3v) is 3.92. The van der Waals surface area contributed by atoms with Gasteiger partial charge in [-0.25, -0.2) is 9.67 Å². The smallest absolute Gasteiger partial charge is 0.247 e. The Morgan fingerprint density at radius 1 is 1.32 bits per heavy atom. The van der Waals surface area contributed by atoms with Gasteiger partial charge >= 0.3 is 0 Å². The molecule has 0 spiro atoms. The highest BCUT2D eigenvalue weighted by molar-refractivity contribution is 6.30. The van der Waals surface area contributed by atoms with Crippen LogP contribution in [0.4, 0.5) is 5.69 Å². The first-order valence-electron chi connectivity index (χ1n) is 7.84. The molecular weight excluding hydrogens is 336 g/mol. The molecule has 0 atom stereocenters. The van der Waals surface area contributed by atoms with Gasteiger partial charge in [0.2, 0.25) is 5.91 Å². The monoisotopic (exact) mass is 352 g/mol. The molecule has 0 aliphatic carbocycles. The minimum Gasteiger partial charge on any atom is -0.321 e. The zero-order valence-electron chi connectivity index (χ0n) is 13.7. The molecule has 0 unspecified atom stereocenters. The molecule has 126 valence electrons.